The van der Waals surface area contributed by atoms with Crippen LogP contribution in [-0.4, -0.2) is 62.5 Å². The van der Waals surface area contributed by atoms with Crippen molar-refractivity contribution in [2.75, 3.05) is 13.1 Å². The number of carbonyl (C=O) groups excluding carboxylic acids is 2. The predicted molar refractivity (Wildman–Crippen MR) is 209 cm³/mol. The Kier molecular flexibility index (Phi) is 9.39. The van der Waals surface area contributed by atoms with E-state index in [0.29, 0.717) is 20.8 Å². The number of nitrogens with one attached hydrogen (secondary N) is 3. The van der Waals surface area contributed by atoms with E-state index in [1.807, 2.05) is 81.7 Å². The Bertz CT molecular complexity index is 2160. The molecule has 3 atom stereocenters. The summed E-state index contributed by atoms with van der Waals surface area (Å²) >= 11 is 20.1. The third kappa shape index (κ3) is 6.42. The molecule has 270 valence electrons. The molecule has 0 bridgehead atoms. The van der Waals surface area contributed by atoms with Crippen molar-refractivity contribution in [3.8, 4) is 22.5 Å². The van der Waals surface area contributed by atoms with Gasteiger partial charge in [0.25, 0.3) is 5.91 Å². The standard InChI is InChI=1S/C41H43Cl3N6O2/c1-41(2,3)40(52)46-26-15-17-49(18-16-26)32-12-8-7-11-30(32)48-39(51)36-34-33-28(19-25(43)21-31(33)47-36)37(27-14-13-24(42)20-29(27)44)50-22-45-35(38(34)50)23-9-5-4-6-10-23/h4-6,9-10,13-14,19-22,26,30,32,37,47H,7-8,11-12,15-18H2,1-3H3,(H,46,52)(H,48,51). The highest BCUT2D eigenvalue weighted by atomic mass is 35.5. The van der Waals surface area contributed by atoms with E-state index < -0.39 is 5.41 Å². The summed E-state index contributed by atoms with van der Waals surface area (Å²) in [6.07, 6.45) is 7.77. The van der Waals surface area contributed by atoms with Crippen LogP contribution in [-0.2, 0) is 4.79 Å². The number of imidazole rings is 1. The topological polar surface area (TPSA) is 95.1 Å². The summed E-state index contributed by atoms with van der Waals surface area (Å²) in [5, 5.41) is 9.33. The molecule has 4 heterocycles. The fraction of sp³-hybridized carbons (Fsp3) is 0.390. The molecular weight excluding hydrogens is 715 g/mol. The number of nitrogens with zero attached hydrogens (tertiary/aromatic N) is 3. The van der Waals surface area contributed by atoms with Gasteiger partial charge < -0.3 is 20.2 Å². The summed E-state index contributed by atoms with van der Waals surface area (Å²) in [6, 6.07) is 19.5. The van der Waals surface area contributed by atoms with Gasteiger partial charge in [-0.2, -0.15) is 0 Å². The average Bonchev–Trinajstić information content (AvgIpc) is 3.72. The molecule has 8 nitrogen and oxygen atoms in total. The van der Waals surface area contributed by atoms with Crippen molar-refractivity contribution in [1.29, 1.82) is 0 Å². The minimum absolute atomic E-state index is 0.00801. The zero-order valence-electron chi connectivity index (χ0n) is 29.6. The van der Waals surface area contributed by atoms with E-state index in [1.165, 1.54) is 0 Å². The monoisotopic (exact) mass is 756 g/mol. The second kappa shape index (κ2) is 13.9. The van der Waals surface area contributed by atoms with Gasteiger partial charge in [0.1, 0.15) is 5.69 Å². The van der Waals surface area contributed by atoms with Gasteiger partial charge >= 0.3 is 0 Å². The van der Waals surface area contributed by atoms with Gasteiger partial charge in [-0.3, -0.25) is 14.5 Å². The first-order chi connectivity index (χ1) is 25.0. The Morgan fingerprint density at radius 3 is 2.35 bits per heavy atom. The molecule has 0 spiro atoms. The van der Waals surface area contributed by atoms with E-state index in [4.69, 9.17) is 39.8 Å². The lowest BCUT2D eigenvalue weighted by atomic mass is 9.86. The largest absolute Gasteiger partial charge is 0.353 e. The van der Waals surface area contributed by atoms with Crippen molar-refractivity contribution < 1.29 is 9.59 Å². The highest BCUT2D eigenvalue weighted by Gasteiger charge is 2.39. The summed E-state index contributed by atoms with van der Waals surface area (Å²) in [5.74, 6) is -0.0490. The zero-order chi connectivity index (χ0) is 36.3. The van der Waals surface area contributed by atoms with Gasteiger partial charge in [0.2, 0.25) is 5.91 Å². The van der Waals surface area contributed by atoms with Crippen molar-refractivity contribution >= 4 is 57.5 Å². The van der Waals surface area contributed by atoms with Gasteiger partial charge in [0.05, 0.1) is 23.8 Å². The number of aromatic nitrogens is 3. The summed E-state index contributed by atoms with van der Waals surface area (Å²) in [7, 11) is 0. The molecule has 2 fully saturated rings. The number of piperidine rings is 1. The number of carbonyl (C=O) groups is 2. The van der Waals surface area contributed by atoms with Crippen LogP contribution in [0.2, 0.25) is 15.1 Å². The van der Waals surface area contributed by atoms with Crippen LogP contribution in [0.4, 0.5) is 0 Å². The first-order valence-corrected chi connectivity index (χ1v) is 19.4. The number of halogens is 3. The van der Waals surface area contributed by atoms with Crippen LogP contribution in [0, 0.1) is 5.41 Å². The molecule has 5 aromatic rings. The van der Waals surface area contributed by atoms with Crippen molar-refractivity contribution in [2.24, 2.45) is 5.41 Å². The lowest BCUT2D eigenvalue weighted by Crippen LogP contribution is -2.57. The summed E-state index contributed by atoms with van der Waals surface area (Å²) < 4.78 is 2.11. The van der Waals surface area contributed by atoms with Crippen LogP contribution in [0.1, 0.15) is 87.0 Å². The molecule has 1 saturated heterocycles. The number of rotatable bonds is 6. The number of amides is 2. The number of H-pyrrole nitrogens is 1. The molecule has 1 saturated carbocycles. The van der Waals surface area contributed by atoms with Crippen LogP contribution >= 0.6 is 34.8 Å². The van der Waals surface area contributed by atoms with Crippen molar-refractivity contribution in [3.63, 3.8) is 0 Å². The first kappa shape index (κ1) is 35.2. The number of fused-ring (bicyclic) bond motifs is 2. The molecule has 3 aromatic carbocycles. The van der Waals surface area contributed by atoms with Crippen LogP contribution in [0.25, 0.3) is 33.4 Å². The van der Waals surface area contributed by atoms with Crippen LogP contribution in [0.15, 0.2) is 67.0 Å². The van der Waals surface area contributed by atoms with E-state index in [-0.39, 0.29) is 36.0 Å². The van der Waals surface area contributed by atoms with Gasteiger partial charge in [-0.05, 0) is 61.1 Å². The SMILES string of the molecule is CC(C)(C)C(=O)NC1CCN(C2CCCCC2NC(=O)c2[nH]c3cc(Cl)cc4c3c2-c2c(-c3ccccc3)ncn2C4c2ccc(Cl)cc2Cl)CC1. The molecular formula is C41H43Cl3N6O2. The average molecular weight is 758 g/mol. The van der Waals surface area contributed by atoms with Gasteiger partial charge in [-0.15, -0.1) is 0 Å². The van der Waals surface area contributed by atoms with E-state index in [9.17, 15) is 9.59 Å². The van der Waals surface area contributed by atoms with Gasteiger partial charge in [0, 0.05) is 73.7 Å². The molecule has 8 rings (SSSR count). The molecule has 11 heteroatoms. The minimum Gasteiger partial charge on any atom is -0.353 e. The molecule has 2 amide bonds. The second-order valence-corrected chi connectivity index (χ2v) is 16.8. The van der Waals surface area contributed by atoms with E-state index in [1.54, 1.807) is 6.07 Å². The first-order valence-electron chi connectivity index (χ1n) is 18.3. The lowest BCUT2D eigenvalue weighted by molar-refractivity contribution is -0.129. The number of hydrogen-bond donors (Lipinski definition) is 3. The molecule has 2 aromatic heterocycles. The molecule has 3 N–H and O–H groups in total. The van der Waals surface area contributed by atoms with Gasteiger partial charge in [0.15, 0.2) is 0 Å². The smallest absolute Gasteiger partial charge is 0.268 e. The van der Waals surface area contributed by atoms with Crippen LogP contribution < -0.4 is 10.6 Å². The molecule has 52 heavy (non-hydrogen) atoms. The van der Waals surface area contributed by atoms with Crippen molar-refractivity contribution in [3.05, 3.63) is 98.9 Å². The summed E-state index contributed by atoms with van der Waals surface area (Å²) in [5.41, 5.74) is 6.03. The maximum atomic E-state index is 14.7. The maximum Gasteiger partial charge on any atom is 0.268 e. The fourth-order valence-electron chi connectivity index (χ4n) is 8.49. The highest BCUT2D eigenvalue weighted by Crippen LogP contribution is 2.50. The normalized spacial score (nSPS) is 20.8. The number of likely N-dealkylation sites (tertiary alicyclic amines) is 1. The van der Waals surface area contributed by atoms with E-state index in [2.05, 4.69) is 25.1 Å². The Labute approximate surface area is 319 Å². The third-order valence-corrected chi connectivity index (χ3v) is 11.9. The lowest BCUT2D eigenvalue weighted by Gasteiger charge is -2.43. The number of benzene rings is 3. The molecule has 3 aliphatic rings. The second-order valence-electron chi connectivity index (χ2n) is 15.5. The van der Waals surface area contributed by atoms with Crippen molar-refractivity contribution in [2.45, 2.75) is 83.5 Å². The molecule has 2 aliphatic heterocycles. The Balaban J connectivity index is 1.16. The molecule has 3 unspecified atom stereocenters. The predicted octanol–water partition coefficient (Wildman–Crippen LogP) is 9.28. The van der Waals surface area contributed by atoms with Crippen LogP contribution in [0.3, 0.4) is 0 Å². The third-order valence-electron chi connectivity index (χ3n) is 11.1. The number of hydrogen-bond acceptors (Lipinski definition) is 4. The van der Waals surface area contributed by atoms with E-state index >= 15 is 0 Å². The molecule has 1 aliphatic carbocycles. The Morgan fingerprint density at radius 1 is 0.865 bits per heavy atom. The number of aromatic amines is 1. The summed E-state index contributed by atoms with van der Waals surface area (Å²) in [4.78, 5) is 38.4. The Morgan fingerprint density at radius 2 is 1.62 bits per heavy atom. The Hall–Kier alpha value is -3.82. The fourth-order valence-corrected chi connectivity index (χ4v) is 9.23. The maximum absolute atomic E-state index is 14.7. The van der Waals surface area contributed by atoms with Crippen LogP contribution in [0.5, 0.6) is 0 Å². The van der Waals surface area contributed by atoms with E-state index in [0.717, 1.165) is 96.2 Å². The van der Waals surface area contributed by atoms with Gasteiger partial charge in [-0.1, -0.05) is 105 Å². The summed E-state index contributed by atoms with van der Waals surface area (Å²) in [6.45, 7) is 7.63. The molecule has 0 radical (unpaired) electrons. The highest BCUT2D eigenvalue weighted by molar-refractivity contribution is 6.35. The van der Waals surface area contributed by atoms with Gasteiger partial charge in [-0.25, -0.2) is 4.98 Å². The minimum atomic E-state index is -0.409. The van der Waals surface area contributed by atoms with Crippen molar-refractivity contribution in [1.82, 2.24) is 30.1 Å². The zero-order valence-corrected chi connectivity index (χ0v) is 31.9. The quantitative estimate of drug-likeness (QED) is 0.158.